The summed E-state index contributed by atoms with van der Waals surface area (Å²) >= 11 is 0. The Bertz CT molecular complexity index is 365. The van der Waals surface area contributed by atoms with Crippen molar-refractivity contribution in [2.24, 2.45) is 0 Å². The van der Waals surface area contributed by atoms with E-state index in [0.29, 0.717) is 12.6 Å². The van der Waals surface area contributed by atoms with Crippen molar-refractivity contribution in [3.8, 4) is 0 Å². The third kappa shape index (κ3) is 4.36. The first-order chi connectivity index (χ1) is 8.17. The standard InChI is InChI=1S/C11H17N3O3/c1-3-4-8(7-17-2)13-11-12-6-5-9(14-11)10(15)16/h5-6,8H,3-4,7H2,1-2H3,(H,15,16)(H,12,13,14). The molecule has 0 spiro atoms. The van der Waals surface area contributed by atoms with E-state index in [0.717, 1.165) is 12.8 Å². The van der Waals surface area contributed by atoms with E-state index in [1.165, 1.54) is 12.3 Å². The first-order valence-electron chi connectivity index (χ1n) is 5.49. The van der Waals surface area contributed by atoms with E-state index in [-0.39, 0.29) is 11.7 Å². The Morgan fingerprint density at radius 3 is 3.00 bits per heavy atom. The van der Waals surface area contributed by atoms with Gasteiger partial charge < -0.3 is 15.2 Å². The van der Waals surface area contributed by atoms with E-state index in [1.807, 2.05) is 0 Å². The van der Waals surface area contributed by atoms with Gasteiger partial charge in [-0.1, -0.05) is 13.3 Å². The summed E-state index contributed by atoms with van der Waals surface area (Å²) < 4.78 is 5.07. The van der Waals surface area contributed by atoms with Gasteiger partial charge in [0.05, 0.1) is 12.6 Å². The molecule has 0 amide bonds. The highest BCUT2D eigenvalue weighted by Crippen LogP contribution is 2.06. The lowest BCUT2D eigenvalue weighted by atomic mass is 10.2. The van der Waals surface area contributed by atoms with Gasteiger partial charge in [-0.05, 0) is 12.5 Å². The summed E-state index contributed by atoms with van der Waals surface area (Å²) in [5.41, 5.74) is -0.0184. The third-order valence-corrected chi connectivity index (χ3v) is 2.21. The van der Waals surface area contributed by atoms with E-state index < -0.39 is 5.97 Å². The molecule has 1 rings (SSSR count). The summed E-state index contributed by atoms with van der Waals surface area (Å²) in [7, 11) is 1.62. The minimum Gasteiger partial charge on any atom is -0.477 e. The second-order valence-corrected chi connectivity index (χ2v) is 3.66. The summed E-state index contributed by atoms with van der Waals surface area (Å²) in [6.07, 6.45) is 3.34. The fraction of sp³-hybridized carbons (Fsp3) is 0.545. The second-order valence-electron chi connectivity index (χ2n) is 3.66. The third-order valence-electron chi connectivity index (χ3n) is 2.21. The van der Waals surface area contributed by atoms with E-state index in [1.54, 1.807) is 7.11 Å². The van der Waals surface area contributed by atoms with Crippen LogP contribution in [0.3, 0.4) is 0 Å². The van der Waals surface area contributed by atoms with Crippen LogP contribution in [0.25, 0.3) is 0 Å². The van der Waals surface area contributed by atoms with Crippen molar-refractivity contribution in [2.75, 3.05) is 19.0 Å². The molecule has 0 aliphatic carbocycles. The molecule has 0 bridgehead atoms. The van der Waals surface area contributed by atoms with Crippen LogP contribution in [0, 0.1) is 0 Å². The number of ether oxygens (including phenoxy) is 1. The average molecular weight is 239 g/mol. The minimum atomic E-state index is -1.06. The number of methoxy groups -OCH3 is 1. The zero-order valence-corrected chi connectivity index (χ0v) is 10.0. The van der Waals surface area contributed by atoms with Crippen LogP contribution < -0.4 is 5.32 Å². The molecular weight excluding hydrogens is 222 g/mol. The van der Waals surface area contributed by atoms with Gasteiger partial charge >= 0.3 is 5.97 Å². The molecule has 0 fully saturated rings. The predicted octanol–water partition coefficient (Wildman–Crippen LogP) is 1.40. The maximum atomic E-state index is 10.7. The zero-order valence-electron chi connectivity index (χ0n) is 10.0. The van der Waals surface area contributed by atoms with Crippen LogP contribution in [-0.4, -0.2) is 40.8 Å². The molecule has 1 aromatic rings. The van der Waals surface area contributed by atoms with Gasteiger partial charge in [0.25, 0.3) is 0 Å². The summed E-state index contributed by atoms with van der Waals surface area (Å²) in [6.45, 7) is 2.60. The number of hydrogen-bond donors (Lipinski definition) is 2. The molecule has 0 aliphatic rings. The lowest BCUT2D eigenvalue weighted by Gasteiger charge is -2.16. The van der Waals surface area contributed by atoms with E-state index in [4.69, 9.17) is 9.84 Å². The van der Waals surface area contributed by atoms with Crippen molar-refractivity contribution >= 4 is 11.9 Å². The molecule has 0 saturated heterocycles. The number of anilines is 1. The molecule has 0 radical (unpaired) electrons. The summed E-state index contributed by atoms with van der Waals surface area (Å²) in [5, 5.41) is 11.9. The average Bonchev–Trinajstić information content (AvgIpc) is 2.30. The van der Waals surface area contributed by atoms with Crippen molar-refractivity contribution in [1.29, 1.82) is 0 Å². The second kappa shape index (κ2) is 6.80. The number of carboxylic acids is 1. The number of carbonyl (C=O) groups is 1. The fourth-order valence-corrected chi connectivity index (χ4v) is 1.48. The Hall–Kier alpha value is -1.69. The van der Waals surface area contributed by atoms with Gasteiger partial charge in [0.2, 0.25) is 5.95 Å². The van der Waals surface area contributed by atoms with Gasteiger partial charge in [-0.25, -0.2) is 14.8 Å². The van der Waals surface area contributed by atoms with Crippen LogP contribution in [0.5, 0.6) is 0 Å². The lowest BCUT2D eigenvalue weighted by molar-refractivity contribution is 0.0690. The van der Waals surface area contributed by atoms with E-state index in [2.05, 4.69) is 22.2 Å². The topological polar surface area (TPSA) is 84.3 Å². The zero-order chi connectivity index (χ0) is 12.7. The highest BCUT2D eigenvalue weighted by Gasteiger charge is 2.11. The van der Waals surface area contributed by atoms with Crippen LogP contribution in [-0.2, 0) is 4.74 Å². The van der Waals surface area contributed by atoms with Gasteiger partial charge in [0, 0.05) is 13.3 Å². The van der Waals surface area contributed by atoms with E-state index in [9.17, 15) is 4.79 Å². The quantitative estimate of drug-likeness (QED) is 0.748. The monoisotopic (exact) mass is 239 g/mol. The van der Waals surface area contributed by atoms with Crippen LogP contribution in [0.15, 0.2) is 12.3 Å². The highest BCUT2D eigenvalue weighted by molar-refractivity contribution is 5.85. The Labute approximate surface area is 100 Å². The Kier molecular flexibility index (Phi) is 5.35. The molecule has 0 saturated carbocycles. The Morgan fingerprint density at radius 2 is 2.41 bits per heavy atom. The first-order valence-corrected chi connectivity index (χ1v) is 5.49. The van der Waals surface area contributed by atoms with Crippen LogP contribution >= 0.6 is 0 Å². The lowest BCUT2D eigenvalue weighted by Crippen LogP contribution is -2.26. The van der Waals surface area contributed by atoms with Gasteiger partial charge in [-0.15, -0.1) is 0 Å². The number of carboxylic acid groups (broad SMARTS) is 1. The Balaban J connectivity index is 2.71. The molecule has 1 aromatic heterocycles. The highest BCUT2D eigenvalue weighted by atomic mass is 16.5. The van der Waals surface area contributed by atoms with Crippen molar-refractivity contribution in [3.05, 3.63) is 18.0 Å². The number of aromatic carboxylic acids is 1. The molecule has 94 valence electrons. The van der Waals surface area contributed by atoms with Crippen LogP contribution in [0.4, 0.5) is 5.95 Å². The summed E-state index contributed by atoms with van der Waals surface area (Å²) in [5.74, 6) is -0.741. The van der Waals surface area contributed by atoms with Gasteiger partial charge in [0.15, 0.2) is 5.69 Å². The molecule has 1 atom stereocenters. The fourth-order valence-electron chi connectivity index (χ4n) is 1.48. The number of rotatable bonds is 7. The van der Waals surface area contributed by atoms with Crippen LogP contribution in [0.2, 0.25) is 0 Å². The molecule has 6 heteroatoms. The summed E-state index contributed by atoms with van der Waals surface area (Å²) in [4.78, 5) is 18.6. The maximum Gasteiger partial charge on any atom is 0.354 e. The molecular formula is C11H17N3O3. The van der Waals surface area contributed by atoms with Gasteiger partial charge in [0.1, 0.15) is 0 Å². The van der Waals surface area contributed by atoms with Gasteiger partial charge in [-0.3, -0.25) is 0 Å². The number of hydrogen-bond acceptors (Lipinski definition) is 5. The van der Waals surface area contributed by atoms with Crippen LogP contribution in [0.1, 0.15) is 30.3 Å². The molecule has 2 N–H and O–H groups in total. The molecule has 1 heterocycles. The smallest absolute Gasteiger partial charge is 0.354 e. The normalized spacial score (nSPS) is 12.1. The number of nitrogens with zero attached hydrogens (tertiary/aromatic N) is 2. The molecule has 17 heavy (non-hydrogen) atoms. The summed E-state index contributed by atoms with van der Waals surface area (Å²) in [6, 6.07) is 1.45. The SMILES string of the molecule is CCCC(COC)Nc1nccc(C(=O)O)n1. The van der Waals surface area contributed by atoms with Crippen molar-refractivity contribution in [2.45, 2.75) is 25.8 Å². The van der Waals surface area contributed by atoms with Crippen molar-refractivity contribution in [1.82, 2.24) is 9.97 Å². The van der Waals surface area contributed by atoms with E-state index >= 15 is 0 Å². The minimum absolute atomic E-state index is 0.0184. The van der Waals surface area contributed by atoms with Gasteiger partial charge in [-0.2, -0.15) is 0 Å². The maximum absolute atomic E-state index is 10.7. The van der Waals surface area contributed by atoms with Crippen molar-refractivity contribution in [3.63, 3.8) is 0 Å². The number of nitrogens with one attached hydrogen (secondary N) is 1. The predicted molar refractivity (Wildman–Crippen MR) is 63.2 cm³/mol. The Morgan fingerprint density at radius 1 is 1.65 bits per heavy atom. The van der Waals surface area contributed by atoms with Crippen molar-refractivity contribution < 1.29 is 14.6 Å². The molecule has 0 aliphatic heterocycles. The molecule has 0 aromatic carbocycles. The first kappa shape index (κ1) is 13.4. The largest absolute Gasteiger partial charge is 0.477 e. The number of aromatic nitrogens is 2. The molecule has 1 unspecified atom stereocenters. The molecule has 6 nitrogen and oxygen atoms in total.